The summed E-state index contributed by atoms with van der Waals surface area (Å²) in [7, 11) is 2.13. The molecule has 0 saturated carbocycles. The number of nitrogens with one attached hydrogen (secondary N) is 1. The van der Waals surface area contributed by atoms with Crippen molar-refractivity contribution in [2.24, 2.45) is 5.92 Å². The summed E-state index contributed by atoms with van der Waals surface area (Å²) in [6.07, 6.45) is 2.31. The first-order chi connectivity index (χ1) is 9.06. The molecule has 0 aliphatic carbocycles. The van der Waals surface area contributed by atoms with Crippen LogP contribution in [0.5, 0.6) is 0 Å². The van der Waals surface area contributed by atoms with E-state index < -0.39 is 5.97 Å². The molecular weight excluding hydrogens is 266 g/mol. The predicted octanol–water partition coefficient (Wildman–Crippen LogP) is 2.19. The molecule has 1 aliphatic rings. The number of piperidine rings is 1. The third kappa shape index (κ3) is 3.81. The minimum atomic E-state index is -1.10. The van der Waals surface area contributed by atoms with E-state index in [1.54, 1.807) is 12.1 Å². The Labute approximate surface area is 117 Å². The summed E-state index contributed by atoms with van der Waals surface area (Å²) in [5.41, 5.74) is -0.102. The second-order valence-corrected chi connectivity index (χ2v) is 5.37. The molecule has 2 rings (SSSR count). The number of hydrogen-bond acceptors (Lipinski definition) is 4. The van der Waals surface area contributed by atoms with Crippen molar-refractivity contribution in [3.63, 3.8) is 0 Å². The Kier molecular flexibility index (Phi) is 4.61. The Hall–Kier alpha value is -1.33. The predicted molar refractivity (Wildman–Crippen MR) is 74.9 cm³/mol. The van der Waals surface area contributed by atoms with E-state index in [1.165, 1.54) is 0 Å². The fourth-order valence-electron chi connectivity index (χ4n) is 2.21. The molecule has 0 atom stereocenters. The second kappa shape index (κ2) is 6.21. The number of likely N-dealkylation sites (tertiary alicyclic amines) is 1. The van der Waals surface area contributed by atoms with E-state index in [9.17, 15) is 4.79 Å². The number of aromatic carboxylic acids is 1. The SMILES string of the molecule is CN1CCC(CNc2ccc(Cl)c(C(=O)O)n2)CC1. The first-order valence-electron chi connectivity index (χ1n) is 6.38. The largest absolute Gasteiger partial charge is 0.476 e. The smallest absolute Gasteiger partial charge is 0.356 e. The summed E-state index contributed by atoms with van der Waals surface area (Å²) in [5, 5.41) is 12.3. The van der Waals surface area contributed by atoms with Crippen LogP contribution in [0.25, 0.3) is 0 Å². The molecule has 1 aliphatic heterocycles. The monoisotopic (exact) mass is 283 g/mol. The number of rotatable bonds is 4. The van der Waals surface area contributed by atoms with Crippen molar-refractivity contribution in [2.45, 2.75) is 12.8 Å². The number of nitrogens with zero attached hydrogens (tertiary/aromatic N) is 2. The van der Waals surface area contributed by atoms with Gasteiger partial charge in [-0.3, -0.25) is 0 Å². The summed E-state index contributed by atoms with van der Waals surface area (Å²) >= 11 is 5.78. The molecule has 2 N–H and O–H groups in total. The maximum Gasteiger partial charge on any atom is 0.356 e. The summed E-state index contributed by atoms with van der Waals surface area (Å²) in [4.78, 5) is 17.3. The van der Waals surface area contributed by atoms with Gasteiger partial charge < -0.3 is 15.3 Å². The van der Waals surface area contributed by atoms with Gasteiger partial charge in [0.1, 0.15) is 5.82 Å². The molecule has 0 amide bonds. The lowest BCUT2D eigenvalue weighted by Gasteiger charge is -2.29. The van der Waals surface area contributed by atoms with E-state index in [1.807, 2.05) is 0 Å². The Bertz CT molecular complexity index is 459. The Morgan fingerprint density at radius 2 is 2.21 bits per heavy atom. The molecule has 1 aromatic rings. The van der Waals surface area contributed by atoms with E-state index in [0.717, 1.165) is 32.5 Å². The van der Waals surface area contributed by atoms with Crippen LogP contribution in [0.3, 0.4) is 0 Å². The van der Waals surface area contributed by atoms with E-state index in [-0.39, 0.29) is 10.7 Å². The molecule has 0 radical (unpaired) electrons. The highest BCUT2D eigenvalue weighted by atomic mass is 35.5. The molecular formula is C13H18ClN3O2. The number of carbonyl (C=O) groups is 1. The van der Waals surface area contributed by atoms with Crippen molar-refractivity contribution in [2.75, 3.05) is 32.0 Å². The number of aromatic nitrogens is 1. The molecule has 2 heterocycles. The second-order valence-electron chi connectivity index (χ2n) is 4.96. The van der Waals surface area contributed by atoms with Gasteiger partial charge in [-0.2, -0.15) is 0 Å². The lowest BCUT2D eigenvalue weighted by atomic mass is 9.97. The summed E-state index contributed by atoms with van der Waals surface area (Å²) in [6.45, 7) is 3.04. The van der Waals surface area contributed by atoms with Gasteiger partial charge >= 0.3 is 5.97 Å². The van der Waals surface area contributed by atoms with Crippen molar-refractivity contribution in [1.82, 2.24) is 9.88 Å². The van der Waals surface area contributed by atoms with Crippen LogP contribution in [0, 0.1) is 5.92 Å². The van der Waals surface area contributed by atoms with Crippen LogP contribution >= 0.6 is 11.6 Å². The van der Waals surface area contributed by atoms with Crippen molar-refractivity contribution in [3.8, 4) is 0 Å². The lowest BCUT2D eigenvalue weighted by molar-refractivity contribution is 0.0691. The average molecular weight is 284 g/mol. The zero-order chi connectivity index (χ0) is 13.8. The minimum Gasteiger partial charge on any atom is -0.476 e. The van der Waals surface area contributed by atoms with E-state index in [0.29, 0.717) is 11.7 Å². The van der Waals surface area contributed by atoms with Gasteiger partial charge in [0.05, 0.1) is 5.02 Å². The molecule has 104 valence electrons. The van der Waals surface area contributed by atoms with Gasteiger partial charge in [0.25, 0.3) is 0 Å². The highest BCUT2D eigenvalue weighted by Crippen LogP contribution is 2.19. The molecule has 5 nitrogen and oxygen atoms in total. The van der Waals surface area contributed by atoms with Gasteiger partial charge in [-0.25, -0.2) is 9.78 Å². The summed E-state index contributed by atoms with van der Waals surface area (Å²) in [6, 6.07) is 3.28. The fraction of sp³-hybridized carbons (Fsp3) is 0.538. The highest BCUT2D eigenvalue weighted by Gasteiger charge is 2.17. The number of carboxylic acid groups (broad SMARTS) is 1. The topological polar surface area (TPSA) is 65.5 Å². The maximum absolute atomic E-state index is 10.9. The zero-order valence-electron chi connectivity index (χ0n) is 10.9. The van der Waals surface area contributed by atoms with Gasteiger partial charge in [0.15, 0.2) is 5.69 Å². The van der Waals surface area contributed by atoms with Gasteiger partial charge in [-0.05, 0) is 51.0 Å². The molecule has 0 unspecified atom stereocenters. The molecule has 1 fully saturated rings. The molecule has 0 bridgehead atoms. The van der Waals surface area contributed by atoms with Gasteiger partial charge in [0, 0.05) is 6.54 Å². The summed E-state index contributed by atoms with van der Waals surface area (Å²) in [5.74, 6) is 0.0793. The van der Waals surface area contributed by atoms with Crippen LogP contribution in [0.2, 0.25) is 5.02 Å². The molecule has 19 heavy (non-hydrogen) atoms. The quantitative estimate of drug-likeness (QED) is 0.887. The van der Waals surface area contributed by atoms with Crippen LogP contribution in [-0.2, 0) is 0 Å². The molecule has 0 spiro atoms. The highest BCUT2D eigenvalue weighted by molar-refractivity contribution is 6.33. The van der Waals surface area contributed by atoms with E-state index in [4.69, 9.17) is 16.7 Å². The van der Waals surface area contributed by atoms with Crippen molar-refractivity contribution in [3.05, 3.63) is 22.8 Å². The van der Waals surface area contributed by atoms with Crippen LogP contribution < -0.4 is 5.32 Å². The number of carboxylic acids is 1. The molecule has 1 saturated heterocycles. The van der Waals surface area contributed by atoms with Crippen molar-refractivity contribution >= 4 is 23.4 Å². The number of halogens is 1. The van der Waals surface area contributed by atoms with Crippen LogP contribution in [0.4, 0.5) is 5.82 Å². The Balaban J connectivity index is 1.92. The normalized spacial score (nSPS) is 17.4. The first-order valence-corrected chi connectivity index (χ1v) is 6.76. The van der Waals surface area contributed by atoms with E-state index >= 15 is 0 Å². The fourth-order valence-corrected chi connectivity index (χ4v) is 2.39. The Morgan fingerprint density at radius 1 is 1.53 bits per heavy atom. The van der Waals surface area contributed by atoms with Crippen LogP contribution in [-0.4, -0.2) is 47.6 Å². The maximum atomic E-state index is 10.9. The van der Waals surface area contributed by atoms with Gasteiger partial charge in [-0.1, -0.05) is 11.6 Å². The number of hydrogen-bond donors (Lipinski definition) is 2. The first kappa shape index (κ1) is 14.1. The van der Waals surface area contributed by atoms with Crippen molar-refractivity contribution in [1.29, 1.82) is 0 Å². The molecule has 1 aromatic heterocycles. The standard InChI is InChI=1S/C13H18ClN3O2/c1-17-6-4-9(5-7-17)8-15-11-3-2-10(14)12(16-11)13(18)19/h2-3,9H,4-8H2,1H3,(H,15,16)(H,18,19). The average Bonchev–Trinajstić information content (AvgIpc) is 2.39. The minimum absolute atomic E-state index is 0.102. The third-order valence-electron chi connectivity index (χ3n) is 3.46. The van der Waals surface area contributed by atoms with Crippen LogP contribution in [0.15, 0.2) is 12.1 Å². The molecule has 6 heteroatoms. The molecule has 0 aromatic carbocycles. The number of anilines is 1. The summed E-state index contributed by atoms with van der Waals surface area (Å²) < 4.78 is 0. The van der Waals surface area contributed by atoms with Crippen molar-refractivity contribution < 1.29 is 9.90 Å². The Morgan fingerprint density at radius 3 is 2.84 bits per heavy atom. The lowest BCUT2D eigenvalue weighted by Crippen LogP contribution is -2.33. The van der Waals surface area contributed by atoms with Crippen LogP contribution in [0.1, 0.15) is 23.3 Å². The van der Waals surface area contributed by atoms with Gasteiger partial charge in [-0.15, -0.1) is 0 Å². The third-order valence-corrected chi connectivity index (χ3v) is 3.76. The van der Waals surface area contributed by atoms with E-state index in [2.05, 4.69) is 22.2 Å². The van der Waals surface area contributed by atoms with Gasteiger partial charge in [0.2, 0.25) is 0 Å². The zero-order valence-corrected chi connectivity index (χ0v) is 11.7. The number of pyridine rings is 1.